The molecule has 0 aromatic carbocycles. The van der Waals surface area contributed by atoms with Crippen LogP contribution in [-0.2, 0) is 4.74 Å². The van der Waals surface area contributed by atoms with Crippen LogP contribution in [0.4, 0.5) is 5.82 Å². The van der Waals surface area contributed by atoms with Gasteiger partial charge in [0, 0.05) is 12.1 Å². The number of carbonyl (C=O) groups excluding carboxylic acids is 1. The predicted octanol–water partition coefficient (Wildman–Crippen LogP) is 2.03. The fourth-order valence-electron chi connectivity index (χ4n) is 2.56. The van der Waals surface area contributed by atoms with E-state index in [9.17, 15) is 4.79 Å². The Morgan fingerprint density at radius 3 is 2.61 bits per heavy atom. The van der Waals surface area contributed by atoms with Crippen LogP contribution in [0.15, 0.2) is 12.4 Å². The van der Waals surface area contributed by atoms with E-state index in [1.54, 1.807) is 6.20 Å². The van der Waals surface area contributed by atoms with E-state index in [0.717, 1.165) is 18.7 Å². The summed E-state index contributed by atoms with van der Waals surface area (Å²) in [5, 5.41) is 0. The maximum Gasteiger partial charge on any atom is 0.358 e. The number of anilines is 1. The third kappa shape index (κ3) is 2.44. The minimum absolute atomic E-state index is 0.264. The van der Waals surface area contributed by atoms with Crippen molar-refractivity contribution >= 4 is 11.8 Å². The van der Waals surface area contributed by atoms with Crippen LogP contribution in [0, 0.1) is 0 Å². The molecule has 1 aromatic rings. The summed E-state index contributed by atoms with van der Waals surface area (Å²) in [7, 11) is 1.35. The molecule has 0 unspecified atom stereocenters. The predicted molar refractivity (Wildman–Crippen MR) is 68.6 cm³/mol. The number of hydrogen-bond donors (Lipinski definition) is 0. The van der Waals surface area contributed by atoms with Gasteiger partial charge in [0.15, 0.2) is 5.69 Å². The first-order valence-electron chi connectivity index (χ1n) is 6.32. The summed E-state index contributed by atoms with van der Waals surface area (Å²) in [6.07, 6.45) is 6.69. The average molecular weight is 249 g/mol. The Kier molecular flexibility index (Phi) is 3.79. The highest BCUT2D eigenvalue weighted by atomic mass is 16.5. The summed E-state index contributed by atoms with van der Waals surface area (Å²) < 4.78 is 4.67. The van der Waals surface area contributed by atoms with Gasteiger partial charge in [0.2, 0.25) is 0 Å². The van der Waals surface area contributed by atoms with Gasteiger partial charge < -0.3 is 9.64 Å². The normalized spacial score (nSPS) is 23.8. The molecule has 0 radical (unpaired) electrons. The fraction of sp³-hybridized carbons (Fsp3) is 0.615. The van der Waals surface area contributed by atoms with Gasteiger partial charge in [-0.05, 0) is 33.1 Å². The standard InChI is InChI=1S/C13H19N3O2/c1-9-5-4-6-10(2)16(9)12-8-14-7-11(15-12)13(17)18-3/h7-10H,4-6H2,1-3H3/t9-,10+. The highest BCUT2D eigenvalue weighted by Gasteiger charge is 2.26. The molecule has 98 valence electrons. The molecule has 0 saturated carbocycles. The highest BCUT2D eigenvalue weighted by Crippen LogP contribution is 2.27. The Bertz CT molecular complexity index is 426. The Hall–Kier alpha value is -1.65. The zero-order chi connectivity index (χ0) is 13.1. The molecule has 2 rings (SSSR count). The van der Waals surface area contributed by atoms with Gasteiger partial charge in [-0.15, -0.1) is 0 Å². The Balaban J connectivity index is 2.29. The quantitative estimate of drug-likeness (QED) is 0.751. The van der Waals surface area contributed by atoms with Gasteiger partial charge in [-0.2, -0.15) is 0 Å². The van der Waals surface area contributed by atoms with Crippen LogP contribution in [0.2, 0.25) is 0 Å². The van der Waals surface area contributed by atoms with Crippen LogP contribution < -0.4 is 4.90 Å². The number of ether oxygens (including phenoxy) is 1. The zero-order valence-electron chi connectivity index (χ0n) is 11.1. The lowest BCUT2D eigenvalue weighted by atomic mass is 9.98. The monoisotopic (exact) mass is 249 g/mol. The van der Waals surface area contributed by atoms with Crippen molar-refractivity contribution in [2.45, 2.75) is 45.2 Å². The Morgan fingerprint density at radius 1 is 1.33 bits per heavy atom. The summed E-state index contributed by atoms with van der Waals surface area (Å²) in [6.45, 7) is 4.37. The van der Waals surface area contributed by atoms with Crippen LogP contribution in [0.3, 0.4) is 0 Å². The van der Waals surface area contributed by atoms with Crippen molar-refractivity contribution in [2.24, 2.45) is 0 Å². The number of nitrogens with zero attached hydrogens (tertiary/aromatic N) is 3. The number of esters is 1. The number of rotatable bonds is 2. The first-order chi connectivity index (χ1) is 8.63. The molecule has 0 spiro atoms. The van der Waals surface area contributed by atoms with Crippen LogP contribution in [0.25, 0.3) is 0 Å². The lowest BCUT2D eigenvalue weighted by Gasteiger charge is -2.39. The number of piperidine rings is 1. The molecule has 0 N–H and O–H groups in total. The molecule has 1 aliphatic heterocycles. The topological polar surface area (TPSA) is 55.3 Å². The lowest BCUT2D eigenvalue weighted by Crippen LogP contribution is -2.44. The molecule has 0 bridgehead atoms. The molecule has 1 saturated heterocycles. The molecule has 1 aliphatic rings. The molecule has 2 heterocycles. The summed E-state index contributed by atoms with van der Waals surface area (Å²) in [5.74, 6) is 0.319. The van der Waals surface area contributed by atoms with Gasteiger partial charge in [0.1, 0.15) is 5.82 Å². The first-order valence-corrected chi connectivity index (χ1v) is 6.32. The summed E-state index contributed by atoms with van der Waals surface area (Å²) in [5.41, 5.74) is 0.264. The smallest absolute Gasteiger partial charge is 0.358 e. The third-order valence-electron chi connectivity index (χ3n) is 3.47. The summed E-state index contributed by atoms with van der Waals surface area (Å²) in [6, 6.07) is 0.854. The number of aromatic nitrogens is 2. The van der Waals surface area contributed by atoms with E-state index in [0.29, 0.717) is 12.1 Å². The van der Waals surface area contributed by atoms with Crippen LogP contribution in [-0.4, -0.2) is 35.1 Å². The molecule has 18 heavy (non-hydrogen) atoms. The Morgan fingerprint density at radius 2 is 2.00 bits per heavy atom. The fourth-order valence-corrected chi connectivity index (χ4v) is 2.56. The molecule has 0 aliphatic carbocycles. The van der Waals surface area contributed by atoms with Crippen LogP contribution in [0.5, 0.6) is 0 Å². The molecule has 5 heteroatoms. The number of carbonyl (C=O) groups is 1. The van der Waals surface area contributed by atoms with Gasteiger partial charge in [-0.1, -0.05) is 0 Å². The van der Waals surface area contributed by atoms with Crippen LogP contribution in [0.1, 0.15) is 43.6 Å². The van der Waals surface area contributed by atoms with E-state index in [4.69, 9.17) is 0 Å². The van der Waals surface area contributed by atoms with E-state index < -0.39 is 5.97 Å². The van der Waals surface area contributed by atoms with Gasteiger partial charge in [0.25, 0.3) is 0 Å². The third-order valence-corrected chi connectivity index (χ3v) is 3.47. The molecule has 0 amide bonds. The highest BCUT2D eigenvalue weighted by molar-refractivity contribution is 5.87. The van der Waals surface area contributed by atoms with E-state index >= 15 is 0 Å². The second kappa shape index (κ2) is 5.33. The molecular weight excluding hydrogens is 230 g/mol. The second-order valence-electron chi connectivity index (χ2n) is 4.79. The van der Waals surface area contributed by atoms with Crippen molar-refractivity contribution in [3.05, 3.63) is 18.1 Å². The average Bonchev–Trinajstić information content (AvgIpc) is 2.38. The number of methoxy groups -OCH3 is 1. The minimum atomic E-state index is -0.443. The van der Waals surface area contributed by atoms with E-state index in [-0.39, 0.29) is 5.69 Å². The maximum absolute atomic E-state index is 11.5. The minimum Gasteiger partial charge on any atom is -0.464 e. The molecule has 1 aromatic heterocycles. The first kappa shape index (κ1) is 12.8. The van der Waals surface area contributed by atoms with E-state index in [1.807, 2.05) is 0 Å². The van der Waals surface area contributed by atoms with Crippen molar-refractivity contribution < 1.29 is 9.53 Å². The van der Waals surface area contributed by atoms with Gasteiger partial charge in [-0.3, -0.25) is 4.98 Å². The summed E-state index contributed by atoms with van der Waals surface area (Å²) in [4.78, 5) is 22.2. The number of hydrogen-bond acceptors (Lipinski definition) is 5. The SMILES string of the molecule is COC(=O)c1cncc(N2[C@H](C)CCC[C@@H]2C)n1. The van der Waals surface area contributed by atoms with E-state index in [2.05, 4.69) is 33.5 Å². The van der Waals surface area contributed by atoms with Gasteiger partial charge in [0.05, 0.1) is 19.5 Å². The van der Waals surface area contributed by atoms with Gasteiger partial charge >= 0.3 is 5.97 Å². The molecule has 1 fully saturated rings. The molecule has 2 atom stereocenters. The maximum atomic E-state index is 11.5. The van der Waals surface area contributed by atoms with Crippen molar-refractivity contribution in [1.82, 2.24) is 9.97 Å². The van der Waals surface area contributed by atoms with Crippen molar-refractivity contribution in [1.29, 1.82) is 0 Å². The van der Waals surface area contributed by atoms with Crippen molar-refractivity contribution in [3.8, 4) is 0 Å². The van der Waals surface area contributed by atoms with Gasteiger partial charge in [-0.25, -0.2) is 9.78 Å². The molecule has 5 nitrogen and oxygen atoms in total. The van der Waals surface area contributed by atoms with E-state index in [1.165, 1.54) is 19.7 Å². The Labute approximate surface area is 107 Å². The summed E-state index contributed by atoms with van der Waals surface area (Å²) >= 11 is 0. The van der Waals surface area contributed by atoms with Crippen LogP contribution >= 0.6 is 0 Å². The zero-order valence-corrected chi connectivity index (χ0v) is 11.1. The molecular formula is C13H19N3O2. The lowest BCUT2D eigenvalue weighted by molar-refractivity contribution is 0.0593. The largest absolute Gasteiger partial charge is 0.464 e. The van der Waals surface area contributed by atoms with Crippen molar-refractivity contribution in [2.75, 3.05) is 12.0 Å². The second-order valence-corrected chi connectivity index (χ2v) is 4.79. The van der Waals surface area contributed by atoms with Crippen molar-refractivity contribution in [3.63, 3.8) is 0 Å².